The van der Waals surface area contributed by atoms with Crippen LogP contribution >= 0.6 is 0 Å². The van der Waals surface area contributed by atoms with Gasteiger partial charge in [0.1, 0.15) is 0 Å². The molecule has 5 nitrogen and oxygen atoms in total. The van der Waals surface area contributed by atoms with Crippen LogP contribution in [0.2, 0.25) is 0 Å². The van der Waals surface area contributed by atoms with Gasteiger partial charge in [0.25, 0.3) is 0 Å². The zero-order valence-electron chi connectivity index (χ0n) is 20.0. The number of aryl methyl sites for hydroxylation is 1. The minimum atomic E-state index is 0.0297. The lowest BCUT2D eigenvalue weighted by Gasteiger charge is -2.20. The summed E-state index contributed by atoms with van der Waals surface area (Å²) < 4.78 is 2.03. The summed E-state index contributed by atoms with van der Waals surface area (Å²) in [5.74, 6) is 0. The molecule has 5 aromatic rings. The van der Waals surface area contributed by atoms with Gasteiger partial charge in [-0.05, 0) is 58.1 Å². The Bertz CT molecular complexity index is 1590. The summed E-state index contributed by atoms with van der Waals surface area (Å²) in [7, 11) is 2.00. The molecule has 5 rings (SSSR count). The predicted molar refractivity (Wildman–Crippen MR) is 142 cm³/mol. The third kappa shape index (κ3) is 4.74. The quantitative estimate of drug-likeness (QED) is 0.316. The van der Waals surface area contributed by atoms with Crippen molar-refractivity contribution in [1.82, 2.24) is 14.9 Å². The van der Waals surface area contributed by atoms with Crippen LogP contribution in [-0.2, 0) is 20.0 Å². The van der Waals surface area contributed by atoms with Gasteiger partial charge in [-0.1, -0.05) is 60.7 Å². The first-order valence-electron chi connectivity index (χ1n) is 11.9. The fourth-order valence-electron chi connectivity index (χ4n) is 4.66. The summed E-state index contributed by atoms with van der Waals surface area (Å²) in [4.78, 5) is 4.32. The monoisotopic (exact) mass is 467 g/mol. The Kier molecular flexibility index (Phi) is 6.58. The van der Waals surface area contributed by atoms with Gasteiger partial charge in [-0.15, -0.1) is 0 Å². The molecule has 0 saturated heterocycles. The molecule has 0 spiro atoms. The van der Waals surface area contributed by atoms with Crippen molar-refractivity contribution in [1.29, 1.82) is 10.5 Å². The number of nitrogens with zero attached hydrogens (tertiary/aromatic N) is 4. The van der Waals surface area contributed by atoms with Crippen LogP contribution in [0.25, 0.3) is 21.9 Å². The lowest BCUT2D eigenvalue weighted by Crippen LogP contribution is -2.25. The molecule has 36 heavy (non-hydrogen) atoms. The molecular formula is C31H25N5. The van der Waals surface area contributed by atoms with Gasteiger partial charge in [0.05, 0.1) is 41.3 Å². The molecule has 0 amide bonds. The Balaban J connectivity index is 1.44. The molecule has 5 heteroatoms. The summed E-state index contributed by atoms with van der Waals surface area (Å²) in [6.45, 7) is 0.635. The van der Waals surface area contributed by atoms with E-state index in [0.717, 1.165) is 45.1 Å². The Morgan fingerprint density at radius 3 is 2.39 bits per heavy atom. The van der Waals surface area contributed by atoms with Crippen molar-refractivity contribution in [2.24, 2.45) is 7.05 Å². The highest BCUT2D eigenvalue weighted by atomic mass is 15.1. The molecule has 0 aliphatic heterocycles. The molecule has 174 valence electrons. The molecule has 1 aromatic heterocycles. The maximum Gasteiger partial charge on any atom is 0.0998 e. The first-order valence-corrected chi connectivity index (χ1v) is 11.9. The Morgan fingerprint density at radius 1 is 0.861 bits per heavy atom. The van der Waals surface area contributed by atoms with Crippen molar-refractivity contribution in [3.8, 4) is 23.3 Å². The van der Waals surface area contributed by atoms with E-state index < -0.39 is 0 Å². The Morgan fingerprint density at radius 2 is 1.64 bits per heavy atom. The van der Waals surface area contributed by atoms with E-state index in [2.05, 4.69) is 52.8 Å². The average Bonchev–Trinajstić information content (AvgIpc) is 3.36. The van der Waals surface area contributed by atoms with Gasteiger partial charge in [-0.25, -0.2) is 4.98 Å². The van der Waals surface area contributed by atoms with Gasteiger partial charge in [-0.3, -0.25) is 0 Å². The first kappa shape index (κ1) is 23.1. The van der Waals surface area contributed by atoms with Crippen LogP contribution in [-0.4, -0.2) is 9.55 Å². The molecule has 0 radical (unpaired) electrons. The topological polar surface area (TPSA) is 77.4 Å². The van der Waals surface area contributed by atoms with Crippen LogP contribution in [0.1, 0.15) is 34.0 Å². The fraction of sp³-hybridized carbons (Fsp3) is 0.129. The second kappa shape index (κ2) is 10.3. The summed E-state index contributed by atoms with van der Waals surface area (Å²) in [6.07, 6.45) is 4.46. The lowest BCUT2D eigenvalue weighted by molar-refractivity contribution is 0.504. The van der Waals surface area contributed by atoms with Crippen LogP contribution in [0.15, 0.2) is 97.5 Å². The maximum absolute atomic E-state index is 9.82. The molecule has 0 aliphatic rings. The van der Waals surface area contributed by atoms with E-state index in [0.29, 0.717) is 17.7 Å². The van der Waals surface area contributed by atoms with Gasteiger partial charge >= 0.3 is 0 Å². The smallest absolute Gasteiger partial charge is 0.0998 e. The van der Waals surface area contributed by atoms with E-state index in [4.69, 9.17) is 5.26 Å². The SMILES string of the molecule is Cn1cncc1C(Cc1ccc(C#N)cc1)NCc1ccc(C#N)c(-c2cccc3ccccc23)c1. The van der Waals surface area contributed by atoms with Gasteiger partial charge in [-0.2, -0.15) is 10.5 Å². The number of nitriles is 2. The van der Waals surface area contributed by atoms with Crippen LogP contribution in [0.4, 0.5) is 0 Å². The van der Waals surface area contributed by atoms with Crippen molar-refractivity contribution in [2.75, 3.05) is 0 Å². The minimum absolute atomic E-state index is 0.0297. The molecule has 0 fully saturated rings. The summed E-state index contributed by atoms with van der Waals surface area (Å²) >= 11 is 0. The minimum Gasteiger partial charge on any atom is -0.336 e. The van der Waals surface area contributed by atoms with Gasteiger partial charge in [0.15, 0.2) is 0 Å². The van der Waals surface area contributed by atoms with E-state index in [1.54, 1.807) is 0 Å². The largest absolute Gasteiger partial charge is 0.336 e. The van der Waals surface area contributed by atoms with Crippen molar-refractivity contribution in [3.05, 3.63) is 125 Å². The number of imidazole rings is 1. The normalized spacial score (nSPS) is 11.6. The van der Waals surface area contributed by atoms with Gasteiger partial charge < -0.3 is 9.88 Å². The average molecular weight is 468 g/mol. The van der Waals surface area contributed by atoms with Gasteiger partial charge in [0.2, 0.25) is 0 Å². The number of nitrogens with one attached hydrogen (secondary N) is 1. The second-order valence-corrected chi connectivity index (χ2v) is 8.89. The molecule has 1 atom stereocenters. The summed E-state index contributed by atoms with van der Waals surface area (Å²) in [6, 6.07) is 32.8. The molecule has 1 heterocycles. The third-order valence-electron chi connectivity index (χ3n) is 6.57. The number of fused-ring (bicyclic) bond motifs is 1. The lowest BCUT2D eigenvalue weighted by atomic mass is 9.93. The maximum atomic E-state index is 9.82. The molecule has 0 bridgehead atoms. The highest BCUT2D eigenvalue weighted by Crippen LogP contribution is 2.32. The fourth-order valence-corrected chi connectivity index (χ4v) is 4.66. The Hall–Kier alpha value is -4.71. The van der Waals surface area contributed by atoms with Gasteiger partial charge in [0, 0.05) is 25.4 Å². The second-order valence-electron chi connectivity index (χ2n) is 8.89. The zero-order valence-corrected chi connectivity index (χ0v) is 20.0. The zero-order chi connectivity index (χ0) is 24.9. The van der Waals surface area contributed by atoms with Crippen molar-refractivity contribution in [3.63, 3.8) is 0 Å². The van der Waals surface area contributed by atoms with E-state index in [9.17, 15) is 5.26 Å². The number of aromatic nitrogens is 2. The van der Waals surface area contributed by atoms with Crippen LogP contribution in [0.5, 0.6) is 0 Å². The highest BCUT2D eigenvalue weighted by Gasteiger charge is 2.16. The molecular weight excluding hydrogens is 442 g/mol. The summed E-state index contributed by atoms with van der Waals surface area (Å²) in [5, 5.41) is 24.9. The van der Waals surface area contributed by atoms with Crippen molar-refractivity contribution >= 4 is 10.8 Å². The van der Waals surface area contributed by atoms with Crippen LogP contribution < -0.4 is 5.32 Å². The summed E-state index contributed by atoms with van der Waals surface area (Å²) in [5.41, 5.74) is 6.65. The third-order valence-corrected chi connectivity index (χ3v) is 6.57. The number of hydrogen-bond acceptors (Lipinski definition) is 4. The van der Waals surface area contributed by atoms with E-state index in [1.807, 2.05) is 78.7 Å². The molecule has 0 aliphatic carbocycles. The van der Waals surface area contributed by atoms with E-state index in [-0.39, 0.29) is 6.04 Å². The number of hydrogen-bond donors (Lipinski definition) is 1. The molecule has 4 aromatic carbocycles. The number of benzene rings is 4. The Labute approximate surface area is 210 Å². The highest BCUT2D eigenvalue weighted by molar-refractivity contribution is 5.97. The molecule has 1 N–H and O–H groups in total. The standard InChI is InChI=1S/C31H25N5/c1-36-21-34-20-31(36)30(16-22-9-11-23(17-32)12-10-22)35-19-24-13-14-26(18-33)29(15-24)28-8-4-6-25-5-2-3-7-27(25)28/h2-15,20-21,30,35H,16,19H2,1H3. The van der Waals surface area contributed by atoms with E-state index >= 15 is 0 Å². The number of rotatable bonds is 7. The first-order chi connectivity index (χ1) is 17.7. The molecule has 1 unspecified atom stereocenters. The van der Waals surface area contributed by atoms with Crippen molar-refractivity contribution in [2.45, 2.75) is 19.0 Å². The van der Waals surface area contributed by atoms with E-state index in [1.165, 1.54) is 0 Å². The predicted octanol–water partition coefficient (Wildman–Crippen LogP) is 6.06. The van der Waals surface area contributed by atoms with Crippen molar-refractivity contribution < 1.29 is 0 Å². The molecule has 0 saturated carbocycles. The van der Waals surface area contributed by atoms with Crippen LogP contribution in [0.3, 0.4) is 0 Å². The van der Waals surface area contributed by atoms with Crippen LogP contribution in [0, 0.1) is 22.7 Å².